The van der Waals surface area contributed by atoms with E-state index >= 15 is 0 Å². The fourth-order valence-electron chi connectivity index (χ4n) is 3.49. The Morgan fingerprint density at radius 3 is 1.81 bits per heavy atom. The first-order valence-corrected chi connectivity index (χ1v) is 11.5. The van der Waals surface area contributed by atoms with Crippen molar-refractivity contribution in [2.75, 3.05) is 45.4 Å². The number of anilines is 1. The molecule has 0 N–H and O–H groups in total. The van der Waals surface area contributed by atoms with Gasteiger partial charge in [0, 0.05) is 19.8 Å². The third kappa shape index (κ3) is 3.66. The Morgan fingerprint density at radius 1 is 0.742 bits per heavy atom. The van der Waals surface area contributed by atoms with Crippen LogP contribution in [0.1, 0.15) is 20.1 Å². The molecule has 4 heterocycles. The highest BCUT2D eigenvalue weighted by atomic mass is 32.1. The maximum Gasteiger partial charge on any atom is 0.183 e. The first kappa shape index (κ1) is 20.0. The lowest BCUT2D eigenvalue weighted by molar-refractivity contribution is 0.111. The highest BCUT2D eigenvalue weighted by Crippen LogP contribution is 2.57. The van der Waals surface area contributed by atoms with Crippen molar-refractivity contribution in [3.8, 4) is 32.8 Å². The quantitative estimate of drug-likeness (QED) is 0.501. The van der Waals surface area contributed by atoms with Gasteiger partial charge in [0.25, 0.3) is 0 Å². The number of hydrogen-bond acceptors (Lipinski definition) is 8. The van der Waals surface area contributed by atoms with Crippen molar-refractivity contribution in [1.82, 2.24) is 0 Å². The second-order valence-corrected chi connectivity index (χ2v) is 9.34. The Bertz CT molecular complexity index is 1140. The second-order valence-electron chi connectivity index (χ2n) is 7.24. The smallest absolute Gasteiger partial charge is 0.183 e. The van der Waals surface area contributed by atoms with Crippen LogP contribution >= 0.6 is 22.7 Å². The van der Waals surface area contributed by atoms with Crippen molar-refractivity contribution in [2.45, 2.75) is 0 Å². The molecule has 5 rings (SSSR count). The van der Waals surface area contributed by atoms with Gasteiger partial charge >= 0.3 is 0 Å². The summed E-state index contributed by atoms with van der Waals surface area (Å²) in [6.45, 7) is 1.88. The van der Waals surface area contributed by atoms with E-state index in [1.54, 1.807) is 11.3 Å². The summed E-state index contributed by atoms with van der Waals surface area (Å²) in [6, 6.07) is 8.35. The summed E-state index contributed by atoms with van der Waals surface area (Å²) in [5.41, 5.74) is 2.25. The summed E-state index contributed by atoms with van der Waals surface area (Å²) in [5.74, 6) is 2.58. The highest BCUT2D eigenvalue weighted by molar-refractivity contribution is 7.24. The van der Waals surface area contributed by atoms with Crippen molar-refractivity contribution < 1.29 is 23.7 Å². The standard InChI is InChI=1S/C23H21NO5S2/c1-24(2)15-6-3-14(4-7-15)5-8-16-18-20(28-11-9-26-18)22(30-16)23-21-19(17(13-25)31-23)27-10-12-29-21/h3-8,13H,9-12H2,1-2H3/b8-5+. The van der Waals surface area contributed by atoms with E-state index in [0.29, 0.717) is 48.6 Å². The molecule has 0 radical (unpaired) electrons. The maximum absolute atomic E-state index is 11.6. The van der Waals surface area contributed by atoms with Crippen molar-refractivity contribution in [3.63, 3.8) is 0 Å². The minimum atomic E-state index is 0.437. The largest absolute Gasteiger partial charge is 0.485 e. The Kier molecular flexibility index (Phi) is 5.33. The van der Waals surface area contributed by atoms with Crippen LogP contribution in [0.5, 0.6) is 23.0 Å². The summed E-state index contributed by atoms with van der Waals surface area (Å²) in [5, 5.41) is 0. The average Bonchev–Trinajstić information content (AvgIpc) is 3.36. The van der Waals surface area contributed by atoms with E-state index in [9.17, 15) is 4.79 Å². The number of carbonyl (C=O) groups excluding carboxylic acids is 1. The summed E-state index contributed by atoms with van der Waals surface area (Å²) < 4.78 is 23.5. The molecule has 2 aliphatic heterocycles. The lowest BCUT2D eigenvalue weighted by Gasteiger charge is -2.18. The lowest BCUT2D eigenvalue weighted by Crippen LogP contribution is -2.16. The molecule has 1 aromatic carbocycles. The molecule has 3 aromatic rings. The zero-order valence-electron chi connectivity index (χ0n) is 17.2. The lowest BCUT2D eigenvalue weighted by atomic mass is 10.2. The molecule has 0 saturated heterocycles. The predicted octanol–water partition coefficient (Wildman–Crippen LogP) is 5.07. The van der Waals surface area contributed by atoms with Crippen molar-refractivity contribution in [2.24, 2.45) is 0 Å². The summed E-state index contributed by atoms with van der Waals surface area (Å²) in [4.78, 5) is 16.9. The first-order chi connectivity index (χ1) is 15.2. The fraction of sp³-hybridized carbons (Fsp3) is 0.261. The number of thiophene rings is 2. The van der Waals surface area contributed by atoms with Gasteiger partial charge < -0.3 is 23.8 Å². The molecule has 0 amide bonds. The van der Waals surface area contributed by atoms with Gasteiger partial charge in [0.15, 0.2) is 29.3 Å². The number of rotatable bonds is 5. The van der Waals surface area contributed by atoms with Crippen LogP contribution in [-0.2, 0) is 0 Å². The van der Waals surface area contributed by atoms with Gasteiger partial charge in [-0.05, 0) is 23.8 Å². The fourth-order valence-corrected chi connectivity index (χ4v) is 5.71. The van der Waals surface area contributed by atoms with E-state index in [1.165, 1.54) is 11.3 Å². The number of benzene rings is 1. The number of aldehydes is 1. The summed E-state index contributed by atoms with van der Waals surface area (Å²) in [7, 11) is 4.05. The number of fused-ring (bicyclic) bond motifs is 2. The third-order valence-electron chi connectivity index (χ3n) is 5.00. The normalized spacial score (nSPS) is 14.6. The van der Waals surface area contributed by atoms with E-state index in [0.717, 1.165) is 37.9 Å². The van der Waals surface area contributed by atoms with E-state index < -0.39 is 0 Å². The first-order valence-electron chi connectivity index (χ1n) is 9.91. The molecule has 0 unspecified atom stereocenters. The topological polar surface area (TPSA) is 57.2 Å². The molecule has 0 bridgehead atoms. The molecule has 6 nitrogen and oxygen atoms in total. The molecule has 0 aliphatic carbocycles. The number of hydrogen-bond donors (Lipinski definition) is 0. The highest BCUT2D eigenvalue weighted by Gasteiger charge is 2.31. The molecule has 0 spiro atoms. The van der Waals surface area contributed by atoms with Crippen molar-refractivity contribution >= 4 is 46.8 Å². The Morgan fingerprint density at radius 2 is 1.26 bits per heavy atom. The third-order valence-corrected chi connectivity index (χ3v) is 7.36. The van der Waals surface area contributed by atoms with Crippen LogP contribution in [0.4, 0.5) is 5.69 Å². The van der Waals surface area contributed by atoms with Gasteiger partial charge in [-0.15, -0.1) is 22.7 Å². The molecule has 0 fully saturated rings. The van der Waals surface area contributed by atoms with Gasteiger partial charge in [0.05, 0.1) is 14.6 Å². The molecule has 8 heteroatoms. The molecule has 160 valence electrons. The summed E-state index contributed by atoms with van der Waals surface area (Å²) >= 11 is 2.93. The zero-order chi connectivity index (χ0) is 21.4. The number of ether oxygens (including phenoxy) is 4. The number of nitrogens with zero attached hydrogens (tertiary/aromatic N) is 1. The van der Waals surface area contributed by atoms with Gasteiger partial charge in [-0.1, -0.05) is 18.2 Å². The van der Waals surface area contributed by atoms with E-state index in [-0.39, 0.29) is 0 Å². The Labute approximate surface area is 188 Å². The van der Waals surface area contributed by atoms with Crippen LogP contribution in [0.3, 0.4) is 0 Å². The monoisotopic (exact) mass is 455 g/mol. The minimum absolute atomic E-state index is 0.437. The van der Waals surface area contributed by atoms with Crippen LogP contribution < -0.4 is 23.8 Å². The second kappa shape index (κ2) is 8.28. The van der Waals surface area contributed by atoms with Crippen LogP contribution in [-0.4, -0.2) is 46.8 Å². The SMILES string of the molecule is CN(C)c1ccc(/C=C/c2sc(-c3sc(C=O)c4c3OCCO4)c3c2OCCO3)cc1. The van der Waals surface area contributed by atoms with E-state index in [4.69, 9.17) is 18.9 Å². The predicted molar refractivity (Wildman–Crippen MR) is 125 cm³/mol. The van der Waals surface area contributed by atoms with Crippen LogP contribution in [0.2, 0.25) is 0 Å². The number of carbonyl (C=O) groups is 1. The Hall–Kier alpha value is -2.97. The van der Waals surface area contributed by atoms with Crippen LogP contribution in [0.15, 0.2) is 24.3 Å². The molecule has 2 aliphatic rings. The minimum Gasteiger partial charge on any atom is -0.485 e. The average molecular weight is 456 g/mol. The van der Waals surface area contributed by atoms with Crippen LogP contribution in [0.25, 0.3) is 21.9 Å². The van der Waals surface area contributed by atoms with Crippen LogP contribution in [0, 0.1) is 0 Å². The molecular weight excluding hydrogens is 434 g/mol. The summed E-state index contributed by atoms with van der Waals surface area (Å²) in [6.07, 6.45) is 4.93. The Balaban J connectivity index is 1.54. The van der Waals surface area contributed by atoms with E-state index in [1.807, 2.05) is 20.2 Å². The molecule has 0 saturated carbocycles. The van der Waals surface area contributed by atoms with E-state index in [2.05, 4.69) is 35.2 Å². The van der Waals surface area contributed by atoms with Crippen molar-refractivity contribution in [1.29, 1.82) is 0 Å². The molecular formula is C23H21NO5S2. The zero-order valence-corrected chi connectivity index (χ0v) is 18.8. The van der Waals surface area contributed by atoms with Gasteiger partial charge in [0.1, 0.15) is 31.3 Å². The van der Waals surface area contributed by atoms with Gasteiger partial charge in [-0.3, -0.25) is 4.79 Å². The van der Waals surface area contributed by atoms with Gasteiger partial charge in [-0.2, -0.15) is 0 Å². The molecule has 2 aromatic heterocycles. The molecule has 0 atom stereocenters. The van der Waals surface area contributed by atoms with Crippen molar-refractivity contribution in [3.05, 3.63) is 39.6 Å². The molecule has 31 heavy (non-hydrogen) atoms. The van der Waals surface area contributed by atoms with Gasteiger partial charge in [-0.25, -0.2) is 0 Å². The maximum atomic E-state index is 11.6. The van der Waals surface area contributed by atoms with Gasteiger partial charge in [0.2, 0.25) is 0 Å².